The number of sulfonamides is 1. The van der Waals surface area contributed by atoms with E-state index in [1.54, 1.807) is 37.3 Å². The lowest BCUT2D eigenvalue weighted by molar-refractivity contribution is 0.0625. The van der Waals surface area contributed by atoms with Gasteiger partial charge in [-0.05, 0) is 49.2 Å². The molecule has 0 spiro atoms. The van der Waals surface area contributed by atoms with E-state index in [1.165, 1.54) is 13.0 Å². The lowest BCUT2D eigenvalue weighted by atomic mass is 9.96. The van der Waals surface area contributed by atoms with Gasteiger partial charge in [-0.3, -0.25) is 0 Å². The number of ether oxygens (including phenoxy) is 2. The zero-order chi connectivity index (χ0) is 18.2. The normalized spacial score (nSPS) is 15.8. The molecule has 134 valence electrons. The van der Waals surface area contributed by atoms with Crippen LogP contribution in [-0.2, 0) is 15.6 Å². The molecule has 1 aliphatic rings. The summed E-state index contributed by atoms with van der Waals surface area (Å²) >= 11 is 5.99. The fourth-order valence-corrected chi connectivity index (χ4v) is 4.15. The molecule has 0 amide bonds. The van der Waals surface area contributed by atoms with Crippen molar-refractivity contribution in [1.29, 1.82) is 0 Å². The standard InChI is InChI=1S/C17H18ClNO5S/c1-11-13(18)4-3-5-16(11)25(21,22)19-9-17(2,20)12-6-7-14-15(8-12)24-10-23-14/h3-8,19-20H,9-10H2,1-2H3/t17-/m0/s1. The Morgan fingerprint density at radius 2 is 1.96 bits per heavy atom. The van der Waals surface area contributed by atoms with E-state index in [4.69, 9.17) is 21.1 Å². The number of benzene rings is 2. The van der Waals surface area contributed by atoms with Crippen LogP contribution in [0.15, 0.2) is 41.3 Å². The van der Waals surface area contributed by atoms with Crippen LogP contribution in [0.25, 0.3) is 0 Å². The summed E-state index contributed by atoms with van der Waals surface area (Å²) in [5.74, 6) is 1.11. The highest BCUT2D eigenvalue weighted by Gasteiger charge is 2.29. The van der Waals surface area contributed by atoms with Crippen LogP contribution in [0, 0.1) is 6.92 Å². The van der Waals surface area contributed by atoms with E-state index in [0.717, 1.165) is 0 Å². The van der Waals surface area contributed by atoms with Crippen LogP contribution >= 0.6 is 11.6 Å². The third-order valence-electron chi connectivity index (χ3n) is 4.11. The number of halogens is 1. The van der Waals surface area contributed by atoms with Gasteiger partial charge in [-0.2, -0.15) is 0 Å². The highest BCUT2D eigenvalue weighted by Crippen LogP contribution is 2.35. The first kappa shape index (κ1) is 18.0. The SMILES string of the molecule is Cc1c(Cl)cccc1S(=O)(=O)NC[C@](C)(O)c1ccc2c(c1)OCO2. The van der Waals surface area contributed by atoms with E-state index >= 15 is 0 Å². The minimum absolute atomic E-state index is 0.0847. The molecule has 2 N–H and O–H groups in total. The predicted octanol–water partition coefficient (Wildman–Crippen LogP) is 2.56. The molecule has 0 unspecified atom stereocenters. The fraction of sp³-hybridized carbons (Fsp3) is 0.294. The van der Waals surface area contributed by atoms with Gasteiger partial charge >= 0.3 is 0 Å². The van der Waals surface area contributed by atoms with Gasteiger partial charge < -0.3 is 14.6 Å². The van der Waals surface area contributed by atoms with Gasteiger partial charge in [0.1, 0.15) is 5.60 Å². The highest BCUT2D eigenvalue weighted by atomic mass is 35.5. The zero-order valence-corrected chi connectivity index (χ0v) is 15.3. The number of nitrogens with one attached hydrogen (secondary N) is 1. The van der Waals surface area contributed by atoms with E-state index in [1.807, 2.05) is 0 Å². The summed E-state index contributed by atoms with van der Waals surface area (Å²) in [7, 11) is -3.82. The monoisotopic (exact) mass is 383 g/mol. The largest absolute Gasteiger partial charge is 0.454 e. The van der Waals surface area contributed by atoms with E-state index < -0.39 is 15.6 Å². The van der Waals surface area contributed by atoms with Crippen molar-refractivity contribution in [1.82, 2.24) is 4.72 Å². The molecule has 25 heavy (non-hydrogen) atoms. The van der Waals surface area contributed by atoms with Gasteiger partial charge in [0.2, 0.25) is 16.8 Å². The summed E-state index contributed by atoms with van der Waals surface area (Å²) in [5.41, 5.74) is -0.456. The quantitative estimate of drug-likeness (QED) is 0.828. The van der Waals surface area contributed by atoms with Gasteiger partial charge in [0.25, 0.3) is 0 Å². The minimum Gasteiger partial charge on any atom is -0.454 e. The Kier molecular flexibility index (Phi) is 4.68. The van der Waals surface area contributed by atoms with Gasteiger partial charge in [-0.1, -0.05) is 23.7 Å². The summed E-state index contributed by atoms with van der Waals surface area (Å²) in [6.45, 7) is 3.08. The van der Waals surface area contributed by atoms with Crippen LogP contribution in [0.4, 0.5) is 0 Å². The van der Waals surface area contributed by atoms with Gasteiger partial charge in [0.05, 0.1) is 4.90 Å². The van der Waals surface area contributed by atoms with Crippen molar-refractivity contribution in [2.45, 2.75) is 24.3 Å². The Balaban J connectivity index is 1.80. The zero-order valence-electron chi connectivity index (χ0n) is 13.7. The highest BCUT2D eigenvalue weighted by molar-refractivity contribution is 7.89. The number of hydrogen-bond acceptors (Lipinski definition) is 5. The third kappa shape index (κ3) is 3.59. The maximum absolute atomic E-state index is 12.5. The first-order chi connectivity index (χ1) is 11.7. The van der Waals surface area contributed by atoms with Crippen molar-refractivity contribution in [3.05, 3.63) is 52.5 Å². The minimum atomic E-state index is -3.82. The average molecular weight is 384 g/mol. The molecule has 3 rings (SSSR count). The van der Waals surface area contributed by atoms with E-state index in [-0.39, 0.29) is 18.2 Å². The number of fused-ring (bicyclic) bond motifs is 1. The van der Waals surface area contributed by atoms with Gasteiger partial charge in [-0.15, -0.1) is 0 Å². The molecular weight excluding hydrogens is 366 g/mol. The molecule has 1 heterocycles. The van der Waals surface area contributed by atoms with Crippen molar-refractivity contribution in [3.8, 4) is 11.5 Å². The topological polar surface area (TPSA) is 84.9 Å². The smallest absolute Gasteiger partial charge is 0.240 e. The van der Waals surface area contributed by atoms with Crippen LogP contribution in [-0.4, -0.2) is 26.9 Å². The van der Waals surface area contributed by atoms with E-state index in [2.05, 4.69) is 4.72 Å². The van der Waals surface area contributed by atoms with Crippen LogP contribution < -0.4 is 14.2 Å². The first-order valence-corrected chi connectivity index (χ1v) is 9.44. The molecule has 0 saturated heterocycles. The summed E-state index contributed by atoms with van der Waals surface area (Å²) < 4.78 is 38.1. The summed E-state index contributed by atoms with van der Waals surface area (Å²) in [4.78, 5) is 0.0847. The molecule has 8 heteroatoms. The predicted molar refractivity (Wildman–Crippen MR) is 93.5 cm³/mol. The van der Waals surface area contributed by atoms with Crippen LogP contribution in [0.2, 0.25) is 5.02 Å². The lowest BCUT2D eigenvalue weighted by Crippen LogP contribution is -2.38. The van der Waals surface area contributed by atoms with Gasteiger partial charge in [0.15, 0.2) is 11.5 Å². The van der Waals surface area contributed by atoms with Crippen molar-refractivity contribution in [2.24, 2.45) is 0 Å². The first-order valence-electron chi connectivity index (χ1n) is 7.58. The lowest BCUT2D eigenvalue weighted by Gasteiger charge is -2.24. The summed E-state index contributed by atoms with van der Waals surface area (Å²) in [5, 5.41) is 11.1. The van der Waals surface area contributed by atoms with Gasteiger partial charge in [-0.25, -0.2) is 13.1 Å². The van der Waals surface area contributed by atoms with Crippen LogP contribution in [0.3, 0.4) is 0 Å². The number of hydrogen-bond donors (Lipinski definition) is 2. The Morgan fingerprint density at radius 3 is 2.72 bits per heavy atom. The third-order valence-corrected chi connectivity index (χ3v) is 6.06. The summed E-state index contributed by atoms with van der Waals surface area (Å²) in [6.07, 6.45) is 0. The Morgan fingerprint density at radius 1 is 1.24 bits per heavy atom. The van der Waals surface area contributed by atoms with Crippen LogP contribution in [0.5, 0.6) is 11.5 Å². The molecule has 0 aromatic heterocycles. The molecule has 0 saturated carbocycles. The molecule has 1 aliphatic heterocycles. The maximum atomic E-state index is 12.5. The van der Waals surface area contributed by atoms with Crippen molar-refractivity contribution in [2.75, 3.05) is 13.3 Å². The van der Waals surface area contributed by atoms with Crippen LogP contribution in [0.1, 0.15) is 18.1 Å². The Bertz CT molecular complexity index is 911. The molecule has 0 bridgehead atoms. The molecular formula is C17H18ClNO5S. The second kappa shape index (κ2) is 6.49. The molecule has 1 atom stereocenters. The molecule has 2 aromatic rings. The molecule has 0 radical (unpaired) electrons. The number of rotatable bonds is 5. The number of aliphatic hydroxyl groups is 1. The van der Waals surface area contributed by atoms with E-state index in [0.29, 0.717) is 27.6 Å². The molecule has 0 aliphatic carbocycles. The van der Waals surface area contributed by atoms with E-state index in [9.17, 15) is 13.5 Å². The Labute approximate surface area is 151 Å². The van der Waals surface area contributed by atoms with Gasteiger partial charge in [0, 0.05) is 11.6 Å². The summed E-state index contributed by atoms with van der Waals surface area (Å²) in [6, 6.07) is 9.66. The fourth-order valence-electron chi connectivity index (χ4n) is 2.53. The second-order valence-electron chi connectivity index (χ2n) is 6.03. The maximum Gasteiger partial charge on any atom is 0.240 e. The molecule has 6 nitrogen and oxygen atoms in total. The Hall–Kier alpha value is -1.80. The van der Waals surface area contributed by atoms with Crippen molar-refractivity contribution in [3.63, 3.8) is 0 Å². The van der Waals surface area contributed by atoms with Crippen molar-refractivity contribution < 1.29 is 23.0 Å². The van der Waals surface area contributed by atoms with Crippen molar-refractivity contribution >= 4 is 21.6 Å². The second-order valence-corrected chi connectivity index (χ2v) is 8.17. The average Bonchev–Trinajstić information content (AvgIpc) is 3.03. The molecule has 0 fully saturated rings. The molecule has 2 aromatic carbocycles.